The molecule has 8 nitrogen and oxygen atoms in total. The number of nitrogens with zero attached hydrogens (tertiary/aromatic N) is 7. The number of aromatic nitrogens is 5. The monoisotopic (exact) mass is 556 g/mol. The van der Waals surface area contributed by atoms with Gasteiger partial charge in [0.15, 0.2) is 5.82 Å². The Morgan fingerprint density at radius 1 is 0.951 bits per heavy atom. The van der Waals surface area contributed by atoms with Gasteiger partial charge in [-0.05, 0) is 82.4 Å². The predicted octanol–water partition coefficient (Wildman–Crippen LogP) is 6.81. The number of halogens is 1. The molecular formula is C32H41FN8. The Morgan fingerprint density at radius 2 is 1.71 bits per heavy atom. The van der Waals surface area contributed by atoms with Crippen molar-refractivity contribution in [2.24, 2.45) is 0 Å². The number of rotatable bonds is 8. The van der Waals surface area contributed by atoms with E-state index in [1.807, 2.05) is 31.3 Å². The Labute approximate surface area is 242 Å². The number of fused-ring (bicyclic) bond motifs is 1. The standard InChI is InChI=1S/C32H41FN8/c1-5-39(6-2)24-13-15-40(16-14-24)26-11-12-29(34-19-26)37-32-35-20-27(33)31(38-32)23-17-21(3)30-28(18-23)41(22(4)36-30)25-9-7-8-10-25/h11-12,17-20,24-25H,5-10,13-16H2,1-4H3,(H,34,35,37,38). The lowest BCUT2D eigenvalue weighted by molar-refractivity contribution is 0.186. The second-order valence-corrected chi connectivity index (χ2v) is 11.5. The van der Waals surface area contributed by atoms with Crippen LogP contribution in [0.25, 0.3) is 22.3 Å². The fraction of sp³-hybridized carbons (Fsp3) is 0.500. The van der Waals surface area contributed by atoms with Crippen LogP contribution in [-0.4, -0.2) is 61.6 Å². The SMILES string of the molecule is CCN(CC)C1CCN(c2ccc(Nc3ncc(F)c(-c4cc(C)c5nc(C)n(C6CCCC6)c5c4)n3)nc2)CC1. The highest BCUT2D eigenvalue weighted by atomic mass is 19.1. The molecule has 41 heavy (non-hydrogen) atoms. The van der Waals surface area contributed by atoms with Crippen molar-refractivity contribution in [3.8, 4) is 11.3 Å². The molecule has 0 radical (unpaired) electrons. The van der Waals surface area contributed by atoms with Crippen LogP contribution in [0.3, 0.4) is 0 Å². The minimum absolute atomic E-state index is 0.275. The van der Waals surface area contributed by atoms with Gasteiger partial charge >= 0.3 is 0 Å². The summed E-state index contributed by atoms with van der Waals surface area (Å²) in [6, 6.07) is 9.14. The van der Waals surface area contributed by atoms with Crippen LogP contribution in [0.1, 0.15) is 69.8 Å². The molecule has 3 aromatic heterocycles. The summed E-state index contributed by atoms with van der Waals surface area (Å²) in [5.74, 6) is 1.51. The summed E-state index contributed by atoms with van der Waals surface area (Å²) in [6.07, 6.45) is 10.3. The largest absolute Gasteiger partial charge is 0.370 e. The maximum Gasteiger partial charge on any atom is 0.229 e. The Hall–Kier alpha value is -3.59. The minimum Gasteiger partial charge on any atom is -0.370 e. The summed E-state index contributed by atoms with van der Waals surface area (Å²) in [6.45, 7) is 12.9. The summed E-state index contributed by atoms with van der Waals surface area (Å²) in [5, 5.41) is 3.18. The second kappa shape index (κ2) is 11.7. The van der Waals surface area contributed by atoms with Crippen LogP contribution in [0.5, 0.6) is 0 Å². The van der Waals surface area contributed by atoms with Crippen molar-refractivity contribution < 1.29 is 4.39 Å². The maximum atomic E-state index is 15.1. The molecule has 9 heteroatoms. The molecule has 4 aromatic rings. The van der Waals surface area contributed by atoms with Crippen molar-refractivity contribution >= 4 is 28.5 Å². The molecule has 0 atom stereocenters. The first-order valence-corrected chi connectivity index (χ1v) is 15.2. The Bertz CT molecular complexity index is 1500. The van der Waals surface area contributed by atoms with Crippen molar-refractivity contribution in [2.45, 2.75) is 78.3 Å². The van der Waals surface area contributed by atoms with Crippen molar-refractivity contribution in [3.05, 3.63) is 53.9 Å². The number of hydrogen-bond acceptors (Lipinski definition) is 7. The van der Waals surface area contributed by atoms with E-state index in [-0.39, 0.29) is 5.69 Å². The fourth-order valence-corrected chi connectivity index (χ4v) is 6.86. The molecule has 1 saturated carbocycles. The molecule has 1 aliphatic carbocycles. The van der Waals surface area contributed by atoms with Crippen LogP contribution >= 0.6 is 0 Å². The number of aryl methyl sites for hydroxylation is 2. The van der Waals surface area contributed by atoms with Crippen LogP contribution in [0.4, 0.5) is 21.8 Å². The van der Waals surface area contributed by atoms with Crippen LogP contribution in [-0.2, 0) is 0 Å². The first-order chi connectivity index (χ1) is 19.9. The van der Waals surface area contributed by atoms with Gasteiger partial charge in [-0.25, -0.2) is 24.3 Å². The van der Waals surface area contributed by atoms with E-state index in [0.717, 1.165) is 72.7 Å². The zero-order chi connectivity index (χ0) is 28.5. The molecule has 2 aliphatic rings. The minimum atomic E-state index is -0.450. The van der Waals surface area contributed by atoms with E-state index in [1.54, 1.807) is 0 Å². The van der Waals surface area contributed by atoms with Gasteiger partial charge in [-0.15, -0.1) is 0 Å². The van der Waals surface area contributed by atoms with Gasteiger partial charge in [0.1, 0.15) is 17.3 Å². The van der Waals surface area contributed by atoms with Crippen molar-refractivity contribution in [3.63, 3.8) is 0 Å². The van der Waals surface area contributed by atoms with Gasteiger partial charge < -0.3 is 19.7 Å². The van der Waals surface area contributed by atoms with Gasteiger partial charge in [-0.2, -0.15) is 0 Å². The first-order valence-electron chi connectivity index (χ1n) is 15.2. The first kappa shape index (κ1) is 27.6. The van der Waals surface area contributed by atoms with E-state index < -0.39 is 5.82 Å². The maximum absolute atomic E-state index is 15.1. The molecule has 216 valence electrons. The highest BCUT2D eigenvalue weighted by Crippen LogP contribution is 2.36. The summed E-state index contributed by atoms with van der Waals surface area (Å²) in [5.41, 5.74) is 5.17. The number of pyridine rings is 1. The molecular weight excluding hydrogens is 515 g/mol. The topological polar surface area (TPSA) is 75.0 Å². The van der Waals surface area contributed by atoms with Gasteiger partial charge in [-0.3, -0.25) is 0 Å². The van der Waals surface area contributed by atoms with Gasteiger partial charge in [0.05, 0.1) is 29.1 Å². The molecule has 1 saturated heterocycles. The van der Waals surface area contributed by atoms with E-state index >= 15 is 4.39 Å². The zero-order valence-electron chi connectivity index (χ0n) is 24.7. The number of nitrogens with one attached hydrogen (secondary N) is 1. The van der Waals surface area contributed by atoms with E-state index in [1.165, 1.54) is 31.9 Å². The molecule has 1 N–H and O–H groups in total. The lowest BCUT2D eigenvalue weighted by atomic mass is 10.0. The lowest BCUT2D eigenvalue weighted by Crippen LogP contribution is -2.44. The summed E-state index contributed by atoms with van der Waals surface area (Å²) >= 11 is 0. The number of hydrogen-bond donors (Lipinski definition) is 1. The Morgan fingerprint density at radius 3 is 2.39 bits per heavy atom. The molecule has 1 aliphatic heterocycles. The molecule has 6 rings (SSSR count). The highest BCUT2D eigenvalue weighted by Gasteiger charge is 2.24. The van der Waals surface area contributed by atoms with E-state index in [0.29, 0.717) is 23.8 Å². The molecule has 2 fully saturated rings. The molecule has 1 aromatic carbocycles. The number of benzene rings is 1. The van der Waals surface area contributed by atoms with Crippen LogP contribution in [0.15, 0.2) is 36.7 Å². The quantitative estimate of drug-likeness (QED) is 0.255. The molecule has 0 unspecified atom stereocenters. The van der Waals surface area contributed by atoms with Gasteiger partial charge in [0.2, 0.25) is 5.95 Å². The highest BCUT2D eigenvalue weighted by molar-refractivity contribution is 5.85. The van der Waals surface area contributed by atoms with Crippen LogP contribution < -0.4 is 10.2 Å². The van der Waals surface area contributed by atoms with Crippen LogP contribution in [0, 0.1) is 19.7 Å². The molecule has 0 bridgehead atoms. The Balaban J connectivity index is 1.20. The van der Waals surface area contributed by atoms with Crippen molar-refractivity contribution in [1.82, 2.24) is 29.4 Å². The van der Waals surface area contributed by atoms with Gasteiger partial charge in [0.25, 0.3) is 0 Å². The summed E-state index contributed by atoms with van der Waals surface area (Å²) in [4.78, 5) is 23.2. The van der Waals surface area contributed by atoms with Crippen molar-refractivity contribution in [2.75, 3.05) is 36.4 Å². The normalized spacial score (nSPS) is 16.8. The summed E-state index contributed by atoms with van der Waals surface area (Å²) < 4.78 is 17.5. The number of imidazole rings is 1. The zero-order valence-corrected chi connectivity index (χ0v) is 24.7. The van der Waals surface area contributed by atoms with Crippen LogP contribution in [0.2, 0.25) is 0 Å². The lowest BCUT2D eigenvalue weighted by Gasteiger charge is -2.38. The third kappa shape index (κ3) is 5.52. The molecule has 0 spiro atoms. The average molecular weight is 557 g/mol. The van der Waals surface area contributed by atoms with E-state index in [4.69, 9.17) is 4.98 Å². The van der Waals surface area contributed by atoms with Crippen molar-refractivity contribution in [1.29, 1.82) is 0 Å². The Kier molecular flexibility index (Phi) is 7.88. The molecule has 0 amide bonds. The average Bonchev–Trinajstić information content (AvgIpc) is 3.63. The smallest absolute Gasteiger partial charge is 0.229 e. The number of anilines is 3. The molecule has 4 heterocycles. The third-order valence-electron chi connectivity index (χ3n) is 9.02. The van der Waals surface area contributed by atoms with Gasteiger partial charge in [0, 0.05) is 30.7 Å². The number of piperidine rings is 1. The summed E-state index contributed by atoms with van der Waals surface area (Å²) in [7, 11) is 0. The van der Waals surface area contributed by atoms with E-state index in [9.17, 15) is 0 Å². The van der Waals surface area contributed by atoms with Gasteiger partial charge in [-0.1, -0.05) is 26.7 Å². The third-order valence-corrected chi connectivity index (χ3v) is 9.02. The second-order valence-electron chi connectivity index (χ2n) is 11.5. The fourth-order valence-electron chi connectivity index (χ4n) is 6.86. The van der Waals surface area contributed by atoms with E-state index in [2.05, 4.69) is 61.5 Å². The predicted molar refractivity (Wildman–Crippen MR) is 163 cm³/mol.